The van der Waals surface area contributed by atoms with Crippen LogP contribution in [0.25, 0.3) is 44.5 Å². The summed E-state index contributed by atoms with van der Waals surface area (Å²) in [5.41, 5.74) is 10.4. The summed E-state index contributed by atoms with van der Waals surface area (Å²) in [6, 6.07) is 7.77. The molecule has 1 atom stereocenters. The predicted octanol–water partition coefficient (Wildman–Crippen LogP) is 2.01. The number of carboxylic acid groups (broad SMARTS) is 1. The monoisotopic (exact) mass is 752 g/mol. The molecule has 4 heterocycles. The number of imidazole rings is 1. The van der Waals surface area contributed by atoms with E-state index in [9.17, 15) is 19.5 Å². The SMILES string of the molecule is COC(N)=O.COc1nn(C)cc1-c1[nH]c2ncc3c([nH]c(=O)n3C)c2c1-c1ccc(CC(C)C(=O)O)cc1.[CH-]1CCCC1.[CH3-].[Cs+]. The maximum absolute atomic E-state index is 12.4. The van der Waals surface area contributed by atoms with Crippen molar-refractivity contribution in [3.63, 3.8) is 0 Å². The molecule has 0 bridgehead atoms. The Labute approximate surface area is 326 Å². The molecule has 5 aromatic rings. The second kappa shape index (κ2) is 17.8. The zero-order valence-corrected chi connectivity index (χ0v) is 33.8. The number of rotatable bonds is 6. The van der Waals surface area contributed by atoms with Gasteiger partial charge in [-0.2, -0.15) is 12.8 Å². The van der Waals surface area contributed by atoms with E-state index in [0.29, 0.717) is 29.0 Å². The molecule has 1 aliphatic carbocycles. The first-order chi connectivity index (χ1) is 21.0. The van der Waals surface area contributed by atoms with Gasteiger partial charge in [-0.15, -0.1) is 5.10 Å². The van der Waals surface area contributed by atoms with Crippen LogP contribution in [0.15, 0.2) is 41.5 Å². The third-order valence-corrected chi connectivity index (χ3v) is 7.43. The number of carbonyl (C=O) groups is 2. The van der Waals surface area contributed by atoms with Gasteiger partial charge in [-0.25, -0.2) is 14.6 Å². The minimum atomic E-state index is -0.826. The van der Waals surface area contributed by atoms with Gasteiger partial charge in [0.25, 0.3) is 0 Å². The van der Waals surface area contributed by atoms with Crippen molar-refractivity contribution in [2.24, 2.45) is 25.7 Å². The van der Waals surface area contributed by atoms with E-state index >= 15 is 0 Å². The Morgan fingerprint density at radius 2 is 1.76 bits per heavy atom. The van der Waals surface area contributed by atoms with E-state index in [1.165, 1.54) is 37.4 Å². The minimum Gasteiger partial charge on any atom is -0.481 e. The first-order valence-corrected chi connectivity index (χ1v) is 14.2. The standard InChI is InChI=1S/C24H24N6O4.C5H9.C2H5NO2.CH3.Cs/c1-12(23(31)32)9-13-5-7-14(8-6-13)17-18-20-16(30(3)24(33)27-20)10-25-21(18)26-19(17)15-11-29(2)28-22(15)34-4;1-2-4-5-3-1;1-5-2(3)4;;/h5-8,10-12H,9H2,1-4H3,(H,25,26)(H,27,33)(H,31,32);1H,2-5H2;1H3,(H2,3,4);1H3;/q;-1;;-1;+1. The van der Waals surface area contributed by atoms with Crippen molar-refractivity contribution in [2.45, 2.75) is 39.0 Å². The fourth-order valence-corrected chi connectivity index (χ4v) is 5.08. The molecule has 14 heteroatoms. The third kappa shape index (κ3) is 9.07. The van der Waals surface area contributed by atoms with Gasteiger partial charge in [0.15, 0.2) is 0 Å². The van der Waals surface area contributed by atoms with E-state index in [1.807, 2.05) is 37.5 Å². The van der Waals surface area contributed by atoms with Crippen LogP contribution in [0.5, 0.6) is 5.88 Å². The number of hydrogen-bond donors (Lipinski definition) is 4. The van der Waals surface area contributed by atoms with Crippen LogP contribution in [0.4, 0.5) is 4.79 Å². The van der Waals surface area contributed by atoms with Crippen LogP contribution in [-0.2, 0) is 30.0 Å². The van der Waals surface area contributed by atoms with Crippen LogP contribution in [0.2, 0.25) is 0 Å². The molecule has 4 aromatic heterocycles. The van der Waals surface area contributed by atoms with E-state index in [4.69, 9.17) is 4.74 Å². The molecule has 0 radical (unpaired) electrons. The van der Waals surface area contributed by atoms with E-state index in [2.05, 4.69) is 36.9 Å². The van der Waals surface area contributed by atoms with Gasteiger partial charge in [0.2, 0.25) is 5.88 Å². The number of benzene rings is 1. The maximum atomic E-state index is 12.4. The summed E-state index contributed by atoms with van der Waals surface area (Å²) in [5.74, 6) is -0.847. The average molecular weight is 753 g/mol. The average Bonchev–Trinajstić information content (AvgIpc) is 3.81. The fraction of sp³-hybridized carbons (Fsp3) is 0.344. The Bertz CT molecular complexity index is 1810. The number of primary amides is 1. The van der Waals surface area contributed by atoms with Gasteiger partial charge in [-0.05, 0) is 17.5 Å². The van der Waals surface area contributed by atoms with Crippen LogP contribution in [-0.4, -0.2) is 60.7 Å². The number of methoxy groups -OCH3 is 2. The molecule has 0 spiro atoms. The predicted molar refractivity (Wildman–Crippen MR) is 174 cm³/mol. The fourth-order valence-electron chi connectivity index (χ4n) is 5.08. The van der Waals surface area contributed by atoms with Crippen LogP contribution < -0.4 is 85.1 Å². The Kier molecular flexibility index (Phi) is 15.1. The number of nitrogens with two attached hydrogens (primary N) is 1. The maximum Gasteiger partial charge on any atom is 1.00 e. The summed E-state index contributed by atoms with van der Waals surface area (Å²) < 4.78 is 12.6. The molecule has 46 heavy (non-hydrogen) atoms. The molecule has 1 fully saturated rings. The van der Waals surface area contributed by atoms with E-state index in [-0.39, 0.29) is 82.0 Å². The number of H-pyrrole nitrogens is 2. The number of carboxylic acids is 1. The molecule has 1 saturated carbocycles. The van der Waals surface area contributed by atoms with Gasteiger partial charge in [0.05, 0.1) is 54.0 Å². The summed E-state index contributed by atoms with van der Waals surface area (Å²) >= 11 is 0. The van der Waals surface area contributed by atoms with Crippen LogP contribution in [0, 0.1) is 19.8 Å². The Morgan fingerprint density at radius 3 is 2.28 bits per heavy atom. The first-order valence-electron chi connectivity index (χ1n) is 14.2. The van der Waals surface area contributed by atoms with Crippen LogP contribution in [0.3, 0.4) is 0 Å². The molecule has 5 N–H and O–H groups in total. The quantitative estimate of drug-likeness (QED) is 0.190. The van der Waals surface area contributed by atoms with Crippen molar-refractivity contribution in [3.8, 4) is 28.3 Å². The first kappa shape index (κ1) is 39.2. The zero-order chi connectivity index (χ0) is 32.0. The molecule has 1 aromatic carbocycles. The smallest absolute Gasteiger partial charge is 0.481 e. The van der Waals surface area contributed by atoms with Crippen molar-refractivity contribution in [3.05, 3.63) is 66.6 Å². The summed E-state index contributed by atoms with van der Waals surface area (Å²) in [6.07, 6.45) is 11.2. The van der Waals surface area contributed by atoms with Gasteiger partial charge < -0.3 is 44.1 Å². The molecule has 1 amide bonds. The molecule has 1 aliphatic rings. The Hall–Kier alpha value is -3.02. The van der Waals surface area contributed by atoms with Crippen LogP contribution >= 0.6 is 0 Å². The number of amides is 1. The molecule has 0 aliphatic heterocycles. The van der Waals surface area contributed by atoms with Gasteiger partial charge in [0.1, 0.15) is 5.65 Å². The van der Waals surface area contributed by atoms with Gasteiger partial charge in [-0.3, -0.25) is 14.0 Å². The molecule has 1 unspecified atom stereocenters. The van der Waals surface area contributed by atoms with Gasteiger partial charge >= 0.3 is 86.6 Å². The largest absolute Gasteiger partial charge is 1.00 e. The number of aliphatic carboxylic acids is 1. The molecule has 13 nitrogen and oxygen atoms in total. The van der Waals surface area contributed by atoms with Crippen molar-refractivity contribution in [2.75, 3.05) is 14.2 Å². The number of nitrogens with one attached hydrogen (secondary N) is 2. The third-order valence-electron chi connectivity index (χ3n) is 7.43. The topological polar surface area (TPSA) is 183 Å². The minimum absolute atomic E-state index is 0. The number of aromatic amines is 2. The molecule has 6 rings (SSSR count). The number of aryl methyl sites for hydroxylation is 2. The van der Waals surface area contributed by atoms with Crippen LogP contribution in [0.1, 0.15) is 38.2 Å². The molecule has 242 valence electrons. The Morgan fingerprint density at radius 1 is 1.13 bits per heavy atom. The number of ether oxygens (including phenoxy) is 2. The summed E-state index contributed by atoms with van der Waals surface area (Å²) in [4.78, 5) is 44.0. The normalized spacial score (nSPS) is 12.5. The summed E-state index contributed by atoms with van der Waals surface area (Å²) in [6.45, 7) is 1.69. The van der Waals surface area contributed by atoms with E-state index < -0.39 is 18.0 Å². The number of nitrogens with zero attached hydrogens (tertiary/aromatic N) is 4. The summed E-state index contributed by atoms with van der Waals surface area (Å²) in [5, 5.41) is 14.4. The number of aromatic nitrogens is 6. The number of pyridine rings is 1. The van der Waals surface area contributed by atoms with Crippen molar-refractivity contribution in [1.29, 1.82) is 0 Å². The Balaban J connectivity index is 0.000000531. The van der Waals surface area contributed by atoms with Gasteiger partial charge in [0, 0.05) is 25.9 Å². The van der Waals surface area contributed by atoms with E-state index in [0.717, 1.165) is 33.3 Å². The second-order valence-corrected chi connectivity index (χ2v) is 10.6. The van der Waals surface area contributed by atoms with E-state index in [1.54, 1.807) is 32.0 Å². The zero-order valence-electron chi connectivity index (χ0n) is 27.5. The number of fused-ring (bicyclic) bond motifs is 3. The molecular formula is C32H41CsN7O6-. The van der Waals surface area contributed by atoms with Crippen molar-refractivity contribution >= 4 is 34.1 Å². The summed E-state index contributed by atoms with van der Waals surface area (Å²) in [7, 11) is 6.31. The molecule has 0 saturated heterocycles. The second-order valence-electron chi connectivity index (χ2n) is 10.6. The van der Waals surface area contributed by atoms with Crippen molar-refractivity contribution < 1.29 is 93.1 Å². The van der Waals surface area contributed by atoms with Gasteiger partial charge in [-0.1, -0.05) is 44.0 Å². The number of hydrogen-bond acceptors (Lipinski definition) is 7. The number of carbonyl (C=O) groups excluding carboxylic acids is 1. The molecular weight excluding hydrogens is 711 g/mol. The van der Waals surface area contributed by atoms with Crippen molar-refractivity contribution in [1.82, 2.24) is 29.3 Å².